The third-order valence-electron chi connectivity index (χ3n) is 0.692. The number of thiophene rings is 1. The second kappa shape index (κ2) is 2.24. The largest absolute Gasteiger partial charge is 0.389 e. The molecule has 1 radical (unpaired) electrons. The quantitative estimate of drug-likeness (QED) is 0.596. The zero-order valence-corrected chi connectivity index (χ0v) is 5.68. The molecule has 2 N–H and O–H groups in total. The monoisotopic (exact) mass is 142 g/mol. The molecule has 0 unspecified atom stereocenters. The third-order valence-corrected chi connectivity index (χ3v) is 1.87. The minimum absolute atomic E-state index is 0.431. The molecule has 0 fully saturated rings. The van der Waals surface area contributed by atoms with Gasteiger partial charge in [0.1, 0.15) is 4.99 Å². The predicted octanol–water partition coefficient (Wildman–Crippen LogP) is 1.18. The molecule has 0 saturated heterocycles. The standard InChI is InChI=1S/C5H4NS2/c6-5(7)4-2-1-3-8-4/h1,3H,(H2,6,7). The first-order chi connectivity index (χ1) is 3.80. The maximum atomic E-state index is 5.27. The molecule has 0 aliphatic carbocycles. The van der Waals surface area contributed by atoms with Gasteiger partial charge in [0.25, 0.3) is 0 Å². The fourth-order valence-corrected chi connectivity index (χ4v) is 1.10. The van der Waals surface area contributed by atoms with E-state index in [0.717, 1.165) is 4.88 Å². The van der Waals surface area contributed by atoms with Crippen LogP contribution >= 0.6 is 23.6 Å². The molecule has 1 nitrogen and oxygen atoms in total. The number of nitrogens with two attached hydrogens (primary N) is 1. The molecule has 41 valence electrons. The number of thiocarbonyl (C=S) groups is 1. The topological polar surface area (TPSA) is 26.0 Å². The van der Waals surface area contributed by atoms with Crippen LogP contribution in [0.25, 0.3) is 0 Å². The lowest BCUT2D eigenvalue weighted by atomic mass is 10.5. The molecule has 1 heterocycles. The molecule has 0 spiro atoms. The van der Waals surface area contributed by atoms with Crippen molar-refractivity contribution in [2.75, 3.05) is 0 Å². The Labute approximate surface area is 57.1 Å². The molecule has 1 aromatic heterocycles. The molecule has 1 aromatic rings. The highest BCUT2D eigenvalue weighted by atomic mass is 32.1. The van der Waals surface area contributed by atoms with Crippen LogP contribution in [0.3, 0.4) is 0 Å². The summed E-state index contributed by atoms with van der Waals surface area (Å²) in [6.07, 6.45) is 0. The van der Waals surface area contributed by atoms with E-state index in [0.29, 0.717) is 4.99 Å². The summed E-state index contributed by atoms with van der Waals surface area (Å²) in [6.45, 7) is 0. The highest BCUT2D eigenvalue weighted by Gasteiger charge is 1.92. The van der Waals surface area contributed by atoms with E-state index in [-0.39, 0.29) is 0 Å². The Morgan fingerprint density at radius 1 is 1.88 bits per heavy atom. The van der Waals surface area contributed by atoms with Crippen molar-refractivity contribution in [1.29, 1.82) is 0 Å². The third kappa shape index (κ3) is 1.05. The van der Waals surface area contributed by atoms with E-state index < -0.39 is 0 Å². The van der Waals surface area contributed by atoms with Crippen LogP contribution < -0.4 is 5.73 Å². The average molecular weight is 142 g/mol. The first kappa shape index (κ1) is 5.72. The summed E-state index contributed by atoms with van der Waals surface area (Å²) in [7, 11) is 0. The van der Waals surface area contributed by atoms with Gasteiger partial charge in [-0.1, -0.05) is 12.2 Å². The van der Waals surface area contributed by atoms with Crippen LogP contribution in [-0.4, -0.2) is 4.99 Å². The van der Waals surface area contributed by atoms with Gasteiger partial charge in [-0.05, 0) is 11.4 Å². The van der Waals surface area contributed by atoms with Crippen molar-refractivity contribution in [3.05, 3.63) is 22.4 Å². The first-order valence-corrected chi connectivity index (χ1v) is 3.34. The molecule has 8 heavy (non-hydrogen) atoms. The number of hydrogen-bond acceptors (Lipinski definition) is 2. The van der Waals surface area contributed by atoms with Gasteiger partial charge in [0.05, 0.1) is 4.88 Å². The Morgan fingerprint density at radius 2 is 2.62 bits per heavy atom. The summed E-state index contributed by atoms with van der Waals surface area (Å²) < 4.78 is 0. The van der Waals surface area contributed by atoms with Gasteiger partial charge < -0.3 is 5.73 Å². The van der Waals surface area contributed by atoms with Gasteiger partial charge in [0, 0.05) is 6.07 Å². The molecule has 0 aliphatic heterocycles. The van der Waals surface area contributed by atoms with Crippen LogP contribution in [0.1, 0.15) is 4.88 Å². The highest BCUT2D eigenvalue weighted by molar-refractivity contribution is 7.81. The Morgan fingerprint density at radius 3 is 2.88 bits per heavy atom. The Kier molecular flexibility index (Phi) is 1.60. The van der Waals surface area contributed by atoms with E-state index in [1.807, 2.05) is 5.38 Å². The number of rotatable bonds is 1. The zero-order valence-electron chi connectivity index (χ0n) is 4.05. The van der Waals surface area contributed by atoms with Gasteiger partial charge in [-0.2, -0.15) is 0 Å². The van der Waals surface area contributed by atoms with E-state index in [9.17, 15) is 0 Å². The SMILES string of the molecule is NC(=S)c1[c]ccs1. The van der Waals surface area contributed by atoms with Gasteiger partial charge in [0.2, 0.25) is 0 Å². The maximum absolute atomic E-state index is 5.27. The summed E-state index contributed by atoms with van der Waals surface area (Å²) >= 11 is 6.18. The average Bonchev–Trinajstić information content (AvgIpc) is 2.12. The normalized spacial score (nSPS) is 9.00. The summed E-state index contributed by atoms with van der Waals surface area (Å²) in [4.78, 5) is 1.29. The lowest BCUT2D eigenvalue weighted by Crippen LogP contribution is -2.06. The van der Waals surface area contributed by atoms with Crippen LogP contribution in [0.5, 0.6) is 0 Å². The Balaban J connectivity index is 2.93. The van der Waals surface area contributed by atoms with Crippen molar-refractivity contribution in [2.45, 2.75) is 0 Å². The van der Waals surface area contributed by atoms with Crippen molar-refractivity contribution in [2.24, 2.45) is 5.73 Å². The summed E-state index contributed by atoms with van der Waals surface area (Å²) in [5, 5.41) is 1.90. The lowest BCUT2D eigenvalue weighted by molar-refractivity contribution is 1.78. The second-order valence-corrected chi connectivity index (χ2v) is 2.61. The van der Waals surface area contributed by atoms with Gasteiger partial charge in [0.15, 0.2) is 0 Å². The van der Waals surface area contributed by atoms with Crippen LogP contribution in [0.4, 0.5) is 0 Å². The van der Waals surface area contributed by atoms with Gasteiger partial charge in [-0.25, -0.2) is 0 Å². The van der Waals surface area contributed by atoms with Gasteiger partial charge >= 0.3 is 0 Å². The van der Waals surface area contributed by atoms with E-state index in [4.69, 9.17) is 5.73 Å². The van der Waals surface area contributed by atoms with Gasteiger partial charge in [-0.15, -0.1) is 11.3 Å². The maximum Gasteiger partial charge on any atom is 0.114 e. The molecular weight excluding hydrogens is 138 g/mol. The minimum Gasteiger partial charge on any atom is -0.389 e. The van der Waals surface area contributed by atoms with Crippen LogP contribution in [0.15, 0.2) is 11.4 Å². The summed E-state index contributed by atoms with van der Waals surface area (Å²) in [5.41, 5.74) is 5.27. The zero-order chi connectivity index (χ0) is 5.98. The smallest absolute Gasteiger partial charge is 0.114 e. The van der Waals surface area contributed by atoms with Crippen LogP contribution in [-0.2, 0) is 0 Å². The second-order valence-electron chi connectivity index (χ2n) is 1.26. The van der Waals surface area contributed by atoms with Crippen molar-refractivity contribution in [3.8, 4) is 0 Å². The minimum atomic E-state index is 0.431. The van der Waals surface area contributed by atoms with Crippen LogP contribution in [0, 0.1) is 6.07 Å². The molecule has 0 aromatic carbocycles. The molecule has 0 atom stereocenters. The molecule has 3 heteroatoms. The fourth-order valence-electron chi connectivity index (χ4n) is 0.375. The predicted molar refractivity (Wildman–Crippen MR) is 39.0 cm³/mol. The molecule has 0 amide bonds. The molecule has 1 rings (SSSR count). The van der Waals surface area contributed by atoms with Crippen molar-refractivity contribution in [1.82, 2.24) is 0 Å². The first-order valence-electron chi connectivity index (χ1n) is 2.05. The molecule has 0 bridgehead atoms. The van der Waals surface area contributed by atoms with Crippen molar-refractivity contribution in [3.63, 3.8) is 0 Å². The van der Waals surface area contributed by atoms with Crippen molar-refractivity contribution < 1.29 is 0 Å². The van der Waals surface area contributed by atoms with Gasteiger partial charge in [-0.3, -0.25) is 0 Å². The Hall–Kier alpha value is -0.410. The van der Waals surface area contributed by atoms with Crippen LogP contribution in [0.2, 0.25) is 0 Å². The van der Waals surface area contributed by atoms with Crippen molar-refractivity contribution >= 4 is 28.5 Å². The van der Waals surface area contributed by atoms with E-state index in [2.05, 4.69) is 18.3 Å². The van der Waals surface area contributed by atoms with E-state index >= 15 is 0 Å². The molecule has 0 saturated carbocycles. The lowest BCUT2D eigenvalue weighted by Gasteiger charge is -1.84. The molecular formula is C5H4NS2. The number of hydrogen-bond donors (Lipinski definition) is 1. The molecule has 0 aliphatic rings. The summed E-state index contributed by atoms with van der Waals surface area (Å²) in [6, 6.07) is 4.69. The fraction of sp³-hybridized carbons (Fsp3) is 0. The van der Waals surface area contributed by atoms with E-state index in [1.54, 1.807) is 6.07 Å². The Bertz CT molecular complexity index is 178. The van der Waals surface area contributed by atoms with E-state index in [1.165, 1.54) is 11.3 Å². The summed E-state index contributed by atoms with van der Waals surface area (Å²) in [5.74, 6) is 0. The highest BCUT2D eigenvalue weighted by Crippen LogP contribution is 2.05.